The molecule has 0 spiro atoms. The maximum Gasteiger partial charge on any atom is 0.434 e. The van der Waals surface area contributed by atoms with Crippen molar-refractivity contribution in [2.45, 2.75) is 91.1 Å². The molecule has 10 nitrogen and oxygen atoms in total. The lowest BCUT2D eigenvalue weighted by molar-refractivity contribution is -0.0562. The second-order valence-electron chi connectivity index (χ2n) is 12.6. The zero-order chi connectivity index (χ0) is 28.7. The number of hydrazine groups is 1. The average molecular weight is 543 g/mol. The molecule has 4 heterocycles. The minimum atomic E-state index is -0.924. The molecule has 5 atom stereocenters. The second-order valence-corrected chi connectivity index (χ2v) is 12.6. The van der Waals surface area contributed by atoms with E-state index >= 15 is 0 Å². The Kier molecular flexibility index (Phi) is 8.01. The Morgan fingerprint density at radius 2 is 1.85 bits per heavy atom. The van der Waals surface area contributed by atoms with Crippen molar-refractivity contribution in [3.05, 3.63) is 30.0 Å². The zero-order valence-corrected chi connectivity index (χ0v) is 24.0. The number of hydrogen-bond acceptors (Lipinski definition) is 8. The number of rotatable bonds is 4. The van der Waals surface area contributed by atoms with Gasteiger partial charge in [0.2, 0.25) is 0 Å². The SMILES string of the molecule is CCC1CN2CCC1C[C@H]2[C@H](O)c1ccnc2ccc(O)c(N(NC(=O)OC(C)(C)C)C(=O)OC(C)(C)C)c12. The number of ether oxygens (including phenoxy) is 2. The molecule has 0 aliphatic carbocycles. The largest absolute Gasteiger partial charge is 0.506 e. The summed E-state index contributed by atoms with van der Waals surface area (Å²) in [5, 5.41) is 24.1. The van der Waals surface area contributed by atoms with Crippen LogP contribution in [0.3, 0.4) is 0 Å². The number of carbonyl (C=O) groups is 2. The third-order valence-electron chi connectivity index (χ3n) is 7.44. The quantitative estimate of drug-likeness (QED) is 0.446. The standard InChI is InChI=1S/C29H42N4O6/c1-8-17-16-32-14-12-18(17)15-21(32)25(35)19-11-13-30-20-9-10-22(34)24(23(19)20)33(27(37)39-29(5,6)7)31-26(36)38-28(2,3)4/h9-11,13,17-18,21,25,34-35H,8,12,14-16H2,1-7H3,(H,31,36)/t17?,18?,21-,25+/m0/s1. The first-order valence-electron chi connectivity index (χ1n) is 13.7. The maximum atomic E-state index is 13.4. The van der Waals surface area contributed by atoms with Crippen LogP contribution in [-0.2, 0) is 9.47 Å². The molecular formula is C29H42N4O6. The number of piperidine rings is 3. The van der Waals surface area contributed by atoms with Gasteiger partial charge in [0, 0.05) is 24.2 Å². The minimum Gasteiger partial charge on any atom is -0.506 e. The first-order chi connectivity index (χ1) is 18.2. The van der Waals surface area contributed by atoms with Gasteiger partial charge in [-0.05, 0) is 96.5 Å². The normalized spacial score (nSPS) is 23.8. The van der Waals surface area contributed by atoms with Crippen molar-refractivity contribution in [2.24, 2.45) is 11.8 Å². The van der Waals surface area contributed by atoms with Crippen molar-refractivity contribution >= 4 is 28.8 Å². The number of phenolic OH excluding ortho intramolecular Hbond substituents is 1. The maximum absolute atomic E-state index is 13.4. The van der Waals surface area contributed by atoms with Gasteiger partial charge in [-0.15, -0.1) is 0 Å². The summed E-state index contributed by atoms with van der Waals surface area (Å²) in [4.78, 5) is 33.1. The number of amides is 2. The van der Waals surface area contributed by atoms with Gasteiger partial charge < -0.3 is 19.7 Å². The van der Waals surface area contributed by atoms with Gasteiger partial charge in [-0.25, -0.2) is 15.0 Å². The van der Waals surface area contributed by atoms with E-state index in [-0.39, 0.29) is 17.5 Å². The topological polar surface area (TPSA) is 124 Å². The highest BCUT2D eigenvalue weighted by Gasteiger charge is 2.43. The number of pyridine rings is 1. The number of nitrogens with one attached hydrogen (secondary N) is 1. The molecule has 2 amide bonds. The van der Waals surface area contributed by atoms with Crippen molar-refractivity contribution in [3.63, 3.8) is 0 Å². The highest BCUT2D eigenvalue weighted by Crippen LogP contribution is 2.45. The summed E-state index contributed by atoms with van der Waals surface area (Å²) in [5.41, 5.74) is 1.63. The molecule has 10 heteroatoms. The third-order valence-corrected chi connectivity index (χ3v) is 7.44. The van der Waals surface area contributed by atoms with E-state index in [2.05, 4.69) is 22.2 Å². The summed E-state index contributed by atoms with van der Waals surface area (Å²) in [7, 11) is 0. The molecule has 3 aliphatic rings. The van der Waals surface area contributed by atoms with Crippen LogP contribution >= 0.6 is 0 Å². The minimum absolute atomic E-state index is 0.0443. The summed E-state index contributed by atoms with van der Waals surface area (Å²) < 4.78 is 11.0. The first-order valence-corrected chi connectivity index (χ1v) is 13.7. The van der Waals surface area contributed by atoms with Crippen molar-refractivity contribution < 1.29 is 29.3 Å². The van der Waals surface area contributed by atoms with Crippen molar-refractivity contribution in [1.29, 1.82) is 0 Å². The van der Waals surface area contributed by atoms with Crippen molar-refractivity contribution in [3.8, 4) is 5.75 Å². The van der Waals surface area contributed by atoms with Crippen molar-refractivity contribution in [1.82, 2.24) is 15.3 Å². The summed E-state index contributed by atoms with van der Waals surface area (Å²) in [5.74, 6) is 0.881. The number of carbonyl (C=O) groups excluding carboxylic acids is 2. The highest BCUT2D eigenvalue weighted by molar-refractivity contribution is 6.05. The van der Waals surface area contributed by atoms with E-state index in [1.54, 1.807) is 59.9 Å². The number of anilines is 1. The lowest BCUT2D eigenvalue weighted by atomic mass is 9.72. The number of benzene rings is 1. The van der Waals surface area contributed by atoms with Crippen LogP contribution in [0.25, 0.3) is 10.9 Å². The van der Waals surface area contributed by atoms with E-state index in [4.69, 9.17) is 9.47 Å². The van der Waals surface area contributed by atoms with Crippen LogP contribution < -0.4 is 10.4 Å². The van der Waals surface area contributed by atoms with Crippen LogP contribution in [0.5, 0.6) is 5.75 Å². The van der Waals surface area contributed by atoms with E-state index < -0.39 is 29.5 Å². The van der Waals surface area contributed by atoms with Crippen LogP contribution in [-0.4, -0.2) is 62.6 Å². The van der Waals surface area contributed by atoms with Gasteiger partial charge in [-0.2, -0.15) is 5.01 Å². The molecule has 3 unspecified atom stereocenters. The molecule has 2 aromatic rings. The molecule has 214 valence electrons. The van der Waals surface area contributed by atoms with Gasteiger partial charge >= 0.3 is 12.2 Å². The van der Waals surface area contributed by atoms with Crippen LogP contribution in [0.4, 0.5) is 15.3 Å². The molecule has 3 N–H and O–H groups in total. The van der Waals surface area contributed by atoms with E-state index in [1.165, 1.54) is 6.07 Å². The number of aliphatic hydroxyl groups is 1. The second kappa shape index (κ2) is 10.8. The Labute approximate surface area is 230 Å². The molecule has 5 rings (SSSR count). The van der Waals surface area contributed by atoms with E-state index in [9.17, 15) is 19.8 Å². The Bertz CT molecular complexity index is 1220. The molecule has 0 radical (unpaired) electrons. The lowest BCUT2D eigenvalue weighted by Gasteiger charge is -2.51. The predicted octanol–water partition coefficient (Wildman–Crippen LogP) is 5.28. The van der Waals surface area contributed by atoms with E-state index in [0.29, 0.717) is 28.3 Å². The molecule has 0 saturated carbocycles. The fourth-order valence-electron chi connectivity index (χ4n) is 5.79. The summed E-state index contributed by atoms with van der Waals surface area (Å²) in [6, 6.07) is 4.61. The Morgan fingerprint density at radius 3 is 2.44 bits per heavy atom. The van der Waals surface area contributed by atoms with Crippen LogP contribution in [0.15, 0.2) is 24.4 Å². The Morgan fingerprint density at radius 1 is 1.15 bits per heavy atom. The molecule has 39 heavy (non-hydrogen) atoms. The Hall–Kier alpha value is -3.11. The average Bonchev–Trinajstić information content (AvgIpc) is 2.84. The zero-order valence-electron chi connectivity index (χ0n) is 24.0. The fourth-order valence-corrected chi connectivity index (χ4v) is 5.79. The number of aromatic hydroxyl groups is 1. The van der Waals surface area contributed by atoms with Crippen LogP contribution in [0, 0.1) is 11.8 Å². The molecule has 3 saturated heterocycles. The number of hydrogen-bond donors (Lipinski definition) is 3. The molecule has 2 bridgehead atoms. The van der Waals surface area contributed by atoms with Gasteiger partial charge in [-0.3, -0.25) is 9.88 Å². The smallest absolute Gasteiger partial charge is 0.434 e. The van der Waals surface area contributed by atoms with Crippen LogP contribution in [0.2, 0.25) is 0 Å². The number of phenols is 1. The molecule has 1 aromatic carbocycles. The molecule has 3 aliphatic heterocycles. The molecule has 1 aromatic heterocycles. The summed E-state index contributed by atoms with van der Waals surface area (Å²) in [6.07, 6.45) is 1.97. The first kappa shape index (κ1) is 28.9. The van der Waals surface area contributed by atoms with E-state index in [0.717, 1.165) is 37.4 Å². The van der Waals surface area contributed by atoms with Gasteiger partial charge in [0.15, 0.2) is 0 Å². The summed E-state index contributed by atoms with van der Waals surface area (Å²) in [6.45, 7) is 14.3. The lowest BCUT2D eigenvalue weighted by Crippen LogP contribution is -2.55. The number of nitrogens with zero attached hydrogens (tertiary/aromatic N) is 3. The van der Waals surface area contributed by atoms with E-state index in [1.807, 2.05) is 0 Å². The van der Waals surface area contributed by atoms with Gasteiger partial charge in [-0.1, -0.05) is 13.3 Å². The van der Waals surface area contributed by atoms with Gasteiger partial charge in [0.1, 0.15) is 22.6 Å². The third kappa shape index (κ3) is 6.38. The highest BCUT2D eigenvalue weighted by atomic mass is 16.6. The Balaban J connectivity index is 1.81. The number of fused-ring (bicyclic) bond motifs is 4. The van der Waals surface area contributed by atoms with Crippen molar-refractivity contribution in [2.75, 3.05) is 18.1 Å². The van der Waals surface area contributed by atoms with Gasteiger partial charge in [0.25, 0.3) is 0 Å². The van der Waals surface area contributed by atoms with Gasteiger partial charge in [0.05, 0.1) is 11.6 Å². The predicted molar refractivity (Wildman–Crippen MR) is 148 cm³/mol. The summed E-state index contributed by atoms with van der Waals surface area (Å²) >= 11 is 0. The molecule has 3 fully saturated rings. The number of aliphatic hydroxyl groups excluding tert-OH is 1. The molecular weight excluding hydrogens is 500 g/mol. The fraction of sp³-hybridized carbons (Fsp3) is 0.621. The number of aromatic nitrogens is 1. The van der Waals surface area contributed by atoms with Crippen LogP contribution in [0.1, 0.15) is 79.4 Å². The monoisotopic (exact) mass is 542 g/mol.